The SMILES string of the molecule is CC(C)=CC(C)=NOCc1ccccc1N(C)C(=O)O. The molecule has 0 fully saturated rings. The monoisotopic (exact) mass is 276 g/mol. The Balaban J connectivity index is 2.79. The van der Waals surface area contributed by atoms with Gasteiger partial charge in [0.05, 0.1) is 11.4 Å². The van der Waals surface area contributed by atoms with Crippen LogP contribution in [0.3, 0.4) is 0 Å². The zero-order valence-electron chi connectivity index (χ0n) is 12.3. The maximum Gasteiger partial charge on any atom is 0.411 e. The fourth-order valence-electron chi connectivity index (χ4n) is 1.71. The van der Waals surface area contributed by atoms with E-state index in [-0.39, 0.29) is 6.61 Å². The van der Waals surface area contributed by atoms with Gasteiger partial charge in [-0.15, -0.1) is 0 Å². The second-order valence-electron chi connectivity index (χ2n) is 4.70. The van der Waals surface area contributed by atoms with Crippen LogP contribution in [0.4, 0.5) is 10.5 Å². The molecule has 1 aromatic rings. The van der Waals surface area contributed by atoms with Gasteiger partial charge in [-0.3, -0.25) is 4.90 Å². The molecular weight excluding hydrogens is 256 g/mol. The van der Waals surface area contributed by atoms with Gasteiger partial charge in [0.15, 0.2) is 0 Å². The number of carbonyl (C=O) groups is 1. The van der Waals surface area contributed by atoms with Crippen molar-refractivity contribution >= 4 is 17.5 Å². The van der Waals surface area contributed by atoms with Crippen LogP contribution < -0.4 is 4.90 Å². The quantitative estimate of drug-likeness (QED) is 0.659. The molecular formula is C15H20N2O3. The van der Waals surface area contributed by atoms with Gasteiger partial charge in [0.1, 0.15) is 6.61 Å². The summed E-state index contributed by atoms with van der Waals surface area (Å²) in [6.07, 6.45) is 0.900. The molecule has 1 rings (SSSR count). The van der Waals surface area contributed by atoms with Crippen molar-refractivity contribution < 1.29 is 14.7 Å². The van der Waals surface area contributed by atoms with E-state index in [2.05, 4.69) is 5.16 Å². The van der Waals surface area contributed by atoms with E-state index in [1.807, 2.05) is 39.0 Å². The average molecular weight is 276 g/mol. The number of para-hydroxylation sites is 1. The van der Waals surface area contributed by atoms with E-state index in [0.29, 0.717) is 5.69 Å². The van der Waals surface area contributed by atoms with E-state index < -0.39 is 6.09 Å². The van der Waals surface area contributed by atoms with Crippen LogP contribution in [0.5, 0.6) is 0 Å². The van der Waals surface area contributed by atoms with E-state index in [9.17, 15) is 4.79 Å². The third-order valence-corrected chi connectivity index (χ3v) is 2.57. The van der Waals surface area contributed by atoms with Crippen molar-refractivity contribution in [2.75, 3.05) is 11.9 Å². The van der Waals surface area contributed by atoms with Gasteiger partial charge in [-0.2, -0.15) is 0 Å². The number of carboxylic acid groups (broad SMARTS) is 1. The molecule has 0 saturated carbocycles. The van der Waals surface area contributed by atoms with Crippen LogP contribution in [0.25, 0.3) is 0 Å². The van der Waals surface area contributed by atoms with Crippen molar-refractivity contribution in [1.29, 1.82) is 0 Å². The molecule has 0 spiro atoms. The van der Waals surface area contributed by atoms with Gasteiger partial charge in [-0.1, -0.05) is 28.9 Å². The Kier molecular flexibility index (Phi) is 5.77. The van der Waals surface area contributed by atoms with Crippen molar-refractivity contribution in [3.8, 4) is 0 Å². The fraction of sp³-hybridized carbons (Fsp3) is 0.333. The Morgan fingerprint density at radius 2 is 2.00 bits per heavy atom. The predicted octanol–water partition coefficient (Wildman–Crippen LogP) is 3.66. The topological polar surface area (TPSA) is 62.1 Å². The molecule has 0 radical (unpaired) electrons. The van der Waals surface area contributed by atoms with Gasteiger partial charge >= 0.3 is 6.09 Å². The number of hydrogen-bond donors (Lipinski definition) is 1. The highest BCUT2D eigenvalue weighted by Crippen LogP contribution is 2.20. The Hall–Kier alpha value is -2.30. The minimum atomic E-state index is -1.01. The summed E-state index contributed by atoms with van der Waals surface area (Å²) in [4.78, 5) is 17.4. The summed E-state index contributed by atoms with van der Waals surface area (Å²) in [6, 6.07) is 7.18. The molecule has 0 aliphatic rings. The molecule has 20 heavy (non-hydrogen) atoms. The third-order valence-electron chi connectivity index (χ3n) is 2.57. The minimum Gasteiger partial charge on any atom is -0.465 e. The summed E-state index contributed by atoms with van der Waals surface area (Å²) in [5.41, 5.74) is 3.27. The number of benzene rings is 1. The standard InChI is InChI=1S/C15H20N2O3/c1-11(2)9-12(3)16-20-10-13-7-5-6-8-14(13)17(4)15(18)19/h5-9H,10H2,1-4H3,(H,18,19). The van der Waals surface area contributed by atoms with Crippen molar-refractivity contribution in [2.24, 2.45) is 5.16 Å². The molecule has 1 N–H and O–H groups in total. The normalized spacial score (nSPS) is 10.9. The number of allylic oxidation sites excluding steroid dienone is 2. The average Bonchev–Trinajstić information content (AvgIpc) is 2.37. The van der Waals surface area contributed by atoms with Gasteiger partial charge in [0, 0.05) is 12.6 Å². The fourth-order valence-corrected chi connectivity index (χ4v) is 1.71. The number of anilines is 1. The van der Waals surface area contributed by atoms with E-state index in [1.165, 1.54) is 7.05 Å². The molecule has 0 aliphatic carbocycles. The van der Waals surface area contributed by atoms with Crippen molar-refractivity contribution in [2.45, 2.75) is 27.4 Å². The lowest BCUT2D eigenvalue weighted by atomic mass is 10.2. The maximum atomic E-state index is 11.0. The van der Waals surface area contributed by atoms with Crippen LogP contribution in [-0.2, 0) is 11.4 Å². The first-order chi connectivity index (χ1) is 9.41. The minimum absolute atomic E-state index is 0.224. The number of nitrogens with zero attached hydrogens (tertiary/aromatic N) is 2. The third kappa shape index (κ3) is 4.76. The number of rotatable bonds is 5. The van der Waals surface area contributed by atoms with Gasteiger partial charge in [0.2, 0.25) is 0 Å². The summed E-state index contributed by atoms with van der Waals surface area (Å²) in [6.45, 7) is 6.04. The molecule has 108 valence electrons. The van der Waals surface area contributed by atoms with Crippen LogP contribution in [0.1, 0.15) is 26.3 Å². The summed E-state index contributed by atoms with van der Waals surface area (Å²) >= 11 is 0. The van der Waals surface area contributed by atoms with Gasteiger partial charge in [-0.05, 0) is 32.9 Å². The molecule has 0 atom stereocenters. The summed E-state index contributed by atoms with van der Waals surface area (Å²) in [5.74, 6) is 0. The molecule has 5 nitrogen and oxygen atoms in total. The second kappa shape index (κ2) is 7.33. The highest BCUT2D eigenvalue weighted by molar-refractivity contribution is 5.92. The van der Waals surface area contributed by atoms with Crippen LogP contribution in [0.15, 0.2) is 41.1 Å². The molecule has 5 heteroatoms. The lowest BCUT2D eigenvalue weighted by molar-refractivity contribution is 0.131. The highest BCUT2D eigenvalue weighted by atomic mass is 16.6. The molecule has 0 bridgehead atoms. The first-order valence-electron chi connectivity index (χ1n) is 6.28. The maximum absolute atomic E-state index is 11.0. The molecule has 1 amide bonds. The smallest absolute Gasteiger partial charge is 0.411 e. The summed E-state index contributed by atoms with van der Waals surface area (Å²) in [5, 5.41) is 13.0. The first-order valence-corrected chi connectivity index (χ1v) is 6.28. The molecule has 0 unspecified atom stereocenters. The molecule has 1 aromatic carbocycles. The molecule has 0 aromatic heterocycles. The Morgan fingerprint density at radius 1 is 1.35 bits per heavy atom. The predicted molar refractivity (Wildman–Crippen MR) is 80.2 cm³/mol. The first kappa shape index (κ1) is 15.8. The highest BCUT2D eigenvalue weighted by Gasteiger charge is 2.12. The van der Waals surface area contributed by atoms with Gasteiger partial charge in [0.25, 0.3) is 0 Å². The molecule has 0 heterocycles. The van der Waals surface area contributed by atoms with Crippen LogP contribution in [0, 0.1) is 0 Å². The summed E-state index contributed by atoms with van der Waals surface area (Å²) < 4.78 is 0. The van der Waals surface area contributed by atoms with Crippen molar-refractivity contribution in [3.63, 3.8) is 0 Å². The Morgan fingerprint density at radius 3 is 2.60 bits per heavy atom. The van der Waals surface area contributed by atoms with Crippen molar-refractivity contribution in [3.05, 3.63) is 41.5 Å². The number of amides is 1. The number of oxime groups is 1. The zero-order valence-corrected chi connectivity index (χ0v) is 12.3. The molecule has 0 saturated heterocycles. The van der Waals surface area contributed by atoms with E-state index in [0.717, 1.165) is 21.7 Å². The van der Waals surface area contributed by atoms with Crippen LogP contribution in [-0.4, -0.2) is 24.0 Å². The van der Waals surface area contributed by atoms with Crippen LogP contribution in [0.2, 0.25) is 0 Å². The van der Waals surface area contributed by atoms with Gasteiger partial charge < -0.3 is 9.94 Å². The van der Waals surface area contributed by atoms with Gasteiger partial charge in [-0.25, -0.2) is 4.79 Å². The summed E-state index contributed by atoms with van der Waals surface area (Å²) in [7, 11) is 1.50. The largest absolute Gasteiger partial charge is 0.465 e. The Labute approximate surface area is 119 Å². The lowest BCUT2D eigenvalue weighted by Crippen LogP contribution is -2.24. The van der Waals surface area contributed by atoms with E-state index in [4.69, 9.17) is 9.94 Å². The zero-order chi connectivity index (χ0) is 15.1. The van der Waals surface area contributed by atoms with E-state index >= 15 is 0 Å². The second-order valence-corrected chi connectivity index (χ2v) is 4.70. The lowest BCUT2D eigenvalue weighted by Gasteiger charge is -2.16. The Bertz CT molecular complexity index is 532. The van der Waals surface area contributed by atoms with Crippen molar-refractivity contribution in [1.82, 2.24) is 0 Å². The van der Waals surface area contributed by atoms with Crippen LogP contribution >= 0.6 is 0 Å². The molecule has 0 aliphatic heterocycles. The van der Waals surface area contributed by atoms with E-state index in [1.54, 1.807) is 12.1 Å². The number of hydrogen-bond acceptors (Lipinski definition) is 3.